The van der Waals surface area contributed by atoms with E-state index in [1.54, 1.807) is 11.3 Å². The van der Waals surface area contributed by atoms with Crippen LogP contribution in [0.4, 0.5) is 10.9 Å². The second-order valence-electron chi connectivity index (χ2n) is 10.4. The average molecular weight is 509 g/mol. The van der Waals surface area contributed by atoms with Crippen LogP contribution in [-0.4, -0.2) is 37.5 Å². The van der Waals surface area contributed by atoms with Crippen LogP contribution in [0.25, 0.3) is 21.5 Å². The molecule has 0 bridgehead atoms. The van der Waals surface area contributed by atoms with Gasteiger partial charge in [-0.25, -0.2) is 9.97 Å². The van der Waals surface area contributed by atoms with Crippen LogP contribution in [0, 0.1) is 0 Å². The molecule has 0 saturated heterocycles. The topological polar surface area (TPSA) is 86.8 Å². The summed E-state index contributed by atoms with van der Waals surface area (Å²) in [4.78, 5) is 24.5. The molecule has 0 radical (unpaired) electrons. The zero-order valence-corrected chi connectivity index (χ0v) is 21.9. The highest BCUT2D eigenvalue weighted by Gasteiger charge is 2.25. The van der Waals surface area contributed by atoms with E-state index >= 15 is 0 Å². The number of H-pyrrole nitrogens is 1. The molecule has 8 heteroatoms. The molecule has 1 aliphatic rings. The lowest BCUT2D eigenvalue weighted by Gasteiger charge is -2.28. The van der Waals surface area contributed by atoms with Gasteiger partial charge in [-0.3, -0.25) is 9.89 Å². The first kappa shape index (κ1) is 23.4. The molecule has 0 atom stereocenters. The summed E-state index contributed by atoms with van der Waals surface area (Å²) in [6.45, 7) is 7.72. The number of para-hydroxylation sites is 1. The summed E-state index contributed by atoms with van der Waals surface area (Å²) in [6, 6.07) is 22.3. The molecule has 3 aromatic heterocycles. The van der Waals surface area contributed by atoms with Crippen LogP contribution in [0.15, 0.2) is 66.7 Å². The molecule has 0 aliphatic carbocycles. The number of thiazole rings is 1. The summed E-state index contributed by atoms with van der Waals surface area (Å²) < 4.78 is 1.14. The molecule has 7 nitrogen and oxygen atoms in total. The van der Waals surface area contributed by atoms with Gasteiger partial charge < -0.3 is 10.2 Å². The number of hydrogen-bond acceptors (Lipinski definition) is 6. The Bertz CT molecular complexity index is 1560. The van der Waals surface area contributed by atoms with E-state index in [1.165, 1.54) is 5.56 Å². The molecule has 1 aliphatic heterocycles. The van der Waals surface area contributed by atoms with Crippen LogP contribution >= 0.6 is 11.3 Å². The predicted molar refractivity (Wildman–Crippen MR) is 148 cm³/mol. The lowest BCUT2D eigenvalue weighted by molar-refractivity contribution is 0.0727. The van der Waals surface area contributed by atoms with E-state index in [0.717, 1.165) is 43.7 Å². The monoisotopic (exact) mass is 508 g/mol. The van der Waals surface area contributed by atoms with Gasteiger partial charge in [-0.2, -0.15) is 5.10 Å². The van der Waals surface area contributed by atoms with Crippen LogP contribution in [0.2, 0.25) is 0 Å². The normalized spacial score (nSPS) is 13.5. The number of amides is 1. The Morgan fingerprint density at radius 3 is 2.62 bits per heavy atom. The number of anilines is 2. The van der Waals surface area contributed by atoms with Crippen LogP contribution in [0.1, 0.15) is 48.1 Å². The van der Waals surface area contributed by atoms with Gasteiger partial charge >= 0.3 is 0 Å². The lowest BCUT2D eigenvalue weighted by Crippen LogP contribution is -2.36. The number of benzene rings is 2. The molecule has 1 amide bonds. The standard InChI is InChI=1S/C29H28N6OS/c1-29(2,3)20-11-8-18(9-12-20)23-16-24(34-33-23)27(36)35-15-14-21-19(17-35)10-13-26(30-21)32-28-31-22-6-4-5-7-25(22)37-28/h4-13,16H,14-15,17H2,1-3H3,(H,33,34)(H,30,31,32). The van der Waals surface area contributed by atoms with Gasteiger partial charge in [0.2, 0.25) is 0 Å². The number of nitrogens with zero attached hydrogens (tertiary/aromatic N) is 4. The van der Waals surface area contributed by atoms with Crippen molar-refractivity contribution in [1.82, 2.24) is 25.1 Å². The summed E-state index contributed by atoms with van der Waals surface area (Å²) in [6.07, 6.45) is 0.700. The fourth-order valence-electron chi connectivity index (χ4n) is 4.58. The first-order chi connectivity index (χ1) is 17.8. The van der Waals surface area contributed by atoms with E-state index in [9.17, 15) is 4.79 Å². The predicted octanol–water partition coefficient (Wildman–Crippen LogP) is 6.32. The van der Waals surface area contributed by atoms with Gasteiger partial charge in [0.1, 0.15) is 11.5 Å². The van der Waals surface area contributed by atoms with Gasteiger partial charge in [0.25, 0.3) is 5.91 Å². The third-order valence-corrected chi connectivity index (χ3v) is 7.67. The van der Waals surface area contributed by atoms with E-state index in [2.05, 4.69) is 71.6 Å². The summed E-state index contributed by atoms with van der Waals surface area (Å²) in [7, 11) is 0. The van der Waals surface area contributed by atoms with Crippen molar-refractivity contribution in [2.75, 3.05) is 11.9 Å². The lowest BCUT2D eigenvalue weighted by atomic mass is 9.86. The number of carbonyl (C=O) groups is 1. The minimum absolute atomic E-state index is 0.0487. The van der Waals surface area contributed by atoms with E-state index in [-0.39, 0.29) is 11.3 Å². The Balaban J connectivity index is 1.14. The van der Waals surface area contributed by atoms with Crippen molar-refractivity contribution in [2.45, 2.75) is 39.2 Å². The van der Waals surface area contributed by atoms with E-state index < -0.39 is 0 Å². The molecule has 5 aromatic rings. The third kappa shape index (κ3) is 4.72. The molecular weight excluding hydrogens is 480 g/mol. The Morgan fingerprint density at radius 1 is 1.03 bits per heavy atom. The number of carbonyl (C=O) groups excluding carboxylic acids is 1. The first-order valence-corrected chi connectivity index (χ1v) is 13.2. The number of pyridine rings is 1. The Kier molecular flexibility index (Phi) is 5.76. The van der Waals surface area contributed by atoms with Crippen molar-refractivity contribution < 1.29 is 4.79 Å². The SMILES string of the molecule is CC(C)(C)c1ccc(-c2cc(C(=O)N3CCc4nc(Nc5nc6ccccc6s5)ccc4C3)[nH]n2)cc1. The van der Waals surface area contributed by atoms with Gasteiger partial charge in [-0.1, -0.05) is 74.6 Å². The minimum atomic E-state index is -0.0487. The maximum atomic E-state index is 13.2. The quantitative estimate of drug-likeness (QED) is 0.297. The molecule has 0 saturated carbocycles. The van der Waals surface area contributed by atoms with Crippen molar-refractivity contribution in [3.63, 3.8) is 0 Å². The van der Waals surface area contributed by atoms with Gasteiger partial charge in [-0.05, 0) is 40.8 Å². The van der Waals surface area contributed by atoms with E-state index in [0.29, 0.717) is 25.2 Å². The van der Waals surface area contributed by atoms with Crippen molar-refractivity contribution in [3.8, 4) is 11.3 Å². The maximum Gasteiger partial charge on any atom is 0.272 e. The smallest absolute Gasteiger partial charge is 0.272 e. The Labute approximate surface area is 219 Å². The first-order valence-electron chi connectivity index (χ1n) is 12.4. The maximum absolute atomic E-state index is 13.2. The Hall–Kier alpha value is -4.04. The number of rotatable bonds is 4. The molecule has 186 valence electrons. The largest absolute Gasteiger partial charge is 0.333 e. The zero-order chi connectivity index (χ0) is 25.6. The van der Waals surface area contributed by atoms with Gasteiger partial charge in [-0.15, -0.1) is 0 Å². The summed E-state index contributed by atoms with van der Waals surface area (Å²) >= 11 is 1.61. The fraction of sp³-hybridized carbons (Fsp3) is 0.241. The van der Waals surface area contributed by atoms with Gasteiger partial charge in [0.15, 0.2) is 5.13 Å². The number of fused-ring (bicyclic) bond motifs is 2. The van der Waals surface area contributed by atoms with Crippen molar-refractivity contribution in [1.29, 1.82) is 0 Å². The van der Waals surface area contributed by atoms with Gasteiger partial charge in [0.05, 0.1) is 15.9 Å². The summed E-state index contributed by atoms with van der Waals surface area (Å²) in [5.74, 6) is 0.723. The summed E-state index contributed by atoms with van der Waals surface area (Å²) in [5.41, 5.74) is 6.68. The molecule has 2 N–H and O–H groups in total. The number of aromatic nitrogens is 4. The van der Waals surface area contributed by atoms with Crippen molar-refractivity contribution in [2.24, 2.45) is 0 Å². The van der Waals surface area contributed by atoms with Crippen LogP contribution < -0.4 is 5.32 Å². The van der Waals surface area contributed by atoms with E-state index in [1.807, 2.05) is 41.3 Å². The van der Waals surface area contributed by atoms with Crippen molar-refractivity contribution in [3.05, 3.63) is 89.2 Å². The second-order valence-corrected chi connectivity index (χ2v) is 11.4. The number of hydrogen-bond donors (Lipinski definition) is 2. The van der Waals surface area contributed by atoms with Gasteiger partial charge in [0, 0.05) is 30.8 Å². The Morgan fingerprint density at radius 2 is 1.84 bits per heavy atom. The average Bonchev–Trinajstić information content (AvgIpc) is 3.55. The zero-order valence-electron chi connectivity index (χ0n) is 21.1. The highest BCUT2D eigenvalue weighted by Crippen LogP contribution is 2.29. The molecule has 37 heavy (non-hydrogen) atoms. The third-order valence-electron chi connectivity index (χ3n) is 6.72. The number of aromatic amines is 1. The highest BCUT2D eigenvalue weighted by atomic mass is 32.1. The van der Waals surface area contributed by atoms with Crippen molar-refractivity contribution >= 4 is 38.4 Å². The molecule has 0 unspecified atom stereocenters. The summed E-state index contributed by atoms with van der Waals surface area (Å²) in [5, 5.41) is 11.5. The fourth-order valence-corrected chi connectivity index (χ4v) is 5.46. The molecule has 0 fully saturated rings. The highest BCUT2D eigenvalue weighted by molar-refractivity contribution is 7.22. The molecule has 4 heterocycles. The molecule has 0 spiro atoms. The molecule has 2 aromatic carbocycles. The number of nitrogens with one attached hydrogen (secondary N) is 2. The molecular formula is C29H28N6OS. The van der Waals surface area contributed by atoms with Crippen LogP contribution in [0.5, 0.6) is 0 Å². The van der Waals surface area contributed by atoms with Crippen LogP contribution in [-0.2, 0) is 18.4 Å². The van der Waals surface area contributed by atoms with Crippen LogP contribution in [0.3, 0.4) is 0 Å². The second kappa shape index (κ2) is 9.12. The van der Waals surface area contributed by atoms with E-state index in [4.69, 9.17) is 4.98 Å². The minimum Gasteiger partial charge on any atom is -0.333 e. The molecule has 6 rings (SSSR count).